The molecule has 0 radical (unpaired) electrons. The van der Waals surface area contributed by atoms with Crippen LogP contribution in [-0.4, -0.2) is 14.7 Å². The van der Waals surface area contributed by atoms with Crippen LogP contribution in [-0.2, 0) is 13.0 Å². The molecule has 2 aromatic rings. The van der Waals surface area contributed by atoms with Crippen LogP contribution in [0.25, 0.3) is 0 Å². The summed E-state index contributed by atoms with van der Waals surface area (Å²) < 4.78 is 1.93. The zero-order valence-electron chi connectivity index (χ0n) is 9.98. The number of aliphatic hydroxyl groups excluding tert-OH is 1. The number of imidazole rings is 1. The SMILES string of the molecule is CCc1nccn1CC(O)c1ccc(Cl)cc1Cl. The van der Waals surface area contributed by atoms with Crippen LogP contribution in [0, 0.1) is 0 Å². The van der Waals surface area contributed by atoms with Gasteiger partial charge in [-0.15, -0.1) is 0 Å². The van der Waals surface area contributed by atoms with Crippen LogP contribution in [0.3, 0.4) is 0 Å². The Kier molecular flexibility index (Phi) is 4.27. The van der Waals surface area contributed by atoms with Gasteiger partial charge in [-0.3, -0.25) is 0 Å². The van der Waals surface area contributed by atoms with Crippen LogP contribution in [0.5, 0.6) is 0 Å². The number of hydrogen-bond acceptors (Lipinski definition) is 2. The van der Waals surface area contributed by atoms with Gasteiger partial charge < -0.3 is 9.67 Å². The Bertz CT molecular complexity index is 540. The molecule has 1 heterocycles. The molecule has 0 aliphatic heterocycles. The average molecular weight is 285 g/mol. The van der Waals surface area contributed by atoms with Gasteiger partial charge in [-0.25, -0.2) is 4.98 Å². The quantitative estimate of drug-likeness (QED) is 0.933. The van der Waals surface area contributed by atoms with Crippen LogP contribution in [0.2, 0.25) is 10.0 Å². The van der Waals surface area contributed by atoms with Crippen molar-refractivity contribution in [3.63, 3.8) is 0 Å². The lowest BCUT2D eigenvalue weighted by Crippen LogP contribution is -2.11. The fourth-order valence-electron chi connectivity index (χ4n) is 1.88. The second-order valence-corrected chi connectivity index (χ2v) is 4.87. The highest BCUT2D eigenvalue weighted by Gasteiger charge is 2.13. The molecule has 1 aromatic carbocycles. The van der Waals surface area contributed by atoms with Gasteiger partial charge in [-0.1, -0.05) is 36.2 Å². The predicted molar refractivity (Wildman–Crippen MR) is 73.0 cm³/mol. The number of rotatable bonds is 4. The fourth-order valence-corrected chi connectivity index (χ4v) is 2.41. The van der Waals surface area contributed by atoms with Crippen molar-refractivity contribution >= 4 is 23.2 Å². The number of hydrogen-bond donors (Lipinski definition) is 1. The standard InChI is InChI=1S/C13H14Cl2N2O/c1-2-13-16-5-6-17(13)8-12(18)10-4-3-9(14)7-11(10)15/h3-7,12,18H,2,8H2,1H3. The molecule has 2 rings (SSSR count). The van der Waals surface area contributed by atoms with Gasteiger partial charge in [-0.05, 0) is 12.1 Å². The molecule has 0 bridgehead atoms. The zero-order chi connectivity index (χ0) is 13.1. The van der Waals surface area contributed by atoms with E-state index in [1.807, 2.05) is 17.7 Å². The summed E-state index contributed by atoms with van der Waals surface area (Å²) in [6.45, 7) is 2.46. The summed E-state index contributed by atoms with van der Waals surface area (Å²) in [7, 11) is 0. The molecule has 0 spiro atoms. The van der Waals surface area contributed by atoms with Crippen molar-refractivity contribution in [2.75, 3.05) is 0 Å². The molecule has 96 valence electrons. The number of nitrogens with zero attached hydrogens (tertiary/aromatic N) is 2. The molecule has 0 aliphatic rings. The number of halogens is 2. The van der Waals surface area contributed by atoms with Gasteiger partial charge in [0.25, 0.3) is 0 Å². The third-order valence-corrected chi connectivity index (χ3v) is 3.37. The Balaban J connectivity index is 2.19. The van der Waals surface area contributed by atoms with Crippen LogP contribution in [0.15, 0.2) is 30.6 Å². The summed E-state index contributed by atoms with van der Waals surface area (Å²) in [5, 5.41) is 11.3. The third kappa shape index (κ3) is 2.86. The summed E-state index contributed by atoms with van der Waals surface area (Å²) in [5.74, 6) is 0.944. The van der Waals surface area contributed by atoms with E-state index in [9.17, 15) is 5.11 Å². The molecule has 5 heteroatoms. The van der Waals surface area contributed by atoms with E-state index in [1.54, 1.807) is 24.4 Å². The van der Waals surface area contributed by atoms with Gasteiger partial charge in [0.2, 0.25) is 0 Å². The van der Waals surface area contributed by atoms with E-state index in [0.717, 1.165) is 12.2 Å². The normalized spacial score (nSPS) is 12.7. The largest absolute Gasteiger partial charge is 0.386 e. The van der Waals surface area contributed by atoms with Crippen molar-refractivity contribution in [3.05, 3.63) is 52.0 Å². The Hall–Kier alpha value is -1.03. The van der Waals surface area contributed by atoms with Crippen LogP contribution >= 0.6 is 23.2 Å². The molecule has 1 atom stereocenters. The first-order valence-corrected chi connectivity index (χ1v) is 6.50. The van der Waals surface area contributed by atoms with Crippen molar-refractivity contribution in [2.24, 2.45) is 0 Å². The summed E-state index contributed by atoms with van der Waals surface area (Å²) >= 11 is 11.9. The highest BCUT2D eigenvalue weighted by atomic mass is 35.5. The van der Waals surface area contributed by atoms with Crippen LogP contribution in [0.1, 0.15) is 24.4 Å². The van der Waals surface area contributed by atoms with Gasteiger partial charge in [0.05, 0.1) is 12.6 Å². The first-order chi connectivity index (χ1) is 8.61. The summed E-state index contributed by atoms with van der Waals surface area (Å²) in [5.41, 5.74) is 0.678. The second-order valence-electron chi connectivity index (χ2n) is 4.03. The molecule has 3 nitrogen and oxygen atoms in total. The maximum atomic E-state index is 10.2. The van der Waals surface area contributed by atoms with E-state index in [2.05, 4.69) is 4.98 Å². The van der Waals surface area contributed by atoms with E-state index in [0.29, 0.717) is 22.2 Å². The molecule has 1 aromatic heterocycles. The molecule has 0 amide bonds. The first kappa shape index (κ1) is 13.4. The minimum absolute atomic E-state index is 0.435. The summed E-state index contributed by atoms with van der Waals surface area (Å²) in [6, 6.07) is 5.11. The smallest absolute Gasteiger partial charge is 0.108 e. The van der Waals surface area contributed by atoms with Gasteiger partial charge in [0.1, 0.15) is 5.82 Å². The lowest BCUT2D eigenvalue weighted by molar-refractivity contribution is 0.155. The van der Waals surface area contributed by atoms with Crippen molar-refractivity contribution in [3.8, 4) is 0 Å². The highest BCUT2D eigenvalue weighted by Crippen LogP contribution is 2.27. The van der Waals surface area contributed by atoms with Crippen LogP contribution < -0.4 is 0 Å². The average Bonchev–Trinajstić information content (AvgIpc) is 2.76. The Morgan fingerprint density at radius 1 is 1.39 bits per heavy atom. The molecule has 0 saturated carbocycles. The molecular weight excluding hydrogens is 271 g/mol. The molecule has 0 fully saturated rings. The van der Waals surface area contributed by atoms with Crippen molar-refractivity contribution < 1.29 is 5.11 Å². The zero-order valence-corrected chi connectivity index (χ0v) is 11.5. The highest BCUT2D eigenvalue weighted by molar-refractivity contribution is 6.35. The summed E-state index contributed by atoms with van der Waals surface area (Å²) in [4.78, 5) is 4.22. The van der Waals surface area contributed by atoms with Gasteiger partial charge in [0.15, 0.2) is 0 Å². The van der Waals surface area contributed by atoms with E-state index in [-0.39, 0.29) is 0 Å². The lowest BCUT2D eigenvalue weighted by atomic mass is 10.1. The van der Waals surface area contributed by atoms with Gasteiger partial charge in [-0.2, -0.15) is 0 Å². The number of aryl methyl sites for hydroxylation is 1. The van der Waals surface area contributed by atoms with Crippen LogP contribution in [0.4, 0.5) is 0 Å². The van der Waals surface area contributed by atoms with Crippen molar-refractivity contribution in [1.82, 2.24) is 9.55 Å². The van der Waals surface area contributed by atoms with E-state index >= 15 is 0 Å². The van der Waals surface area contributed by atoms with E-state index in [1.165, 1.54) is 0 Å². The van der Waals surface area contributed by atoms with E-state index in [4.69, 9.17) is 23.2 Å². The number of aromatic nitrogens is 2. The molecule has 18 heavy (non-hydrogen) atoms. The molecular formula is C13H14Cl2N2O. The topological polar surface area (TPSA) is 38.0 Å². The summed E-state index contributed by atoms with van der Waals surface area (Å²) in [6.07, 6.45) is 3.74. The maximum absolute atomic E-state index is 10.2. The Morgan fingerprint density at radius 2 is 2.17 bits per heavy atom. The maximum Gasteiger partial charge on any atom is 0.108 e. The predicted octanol–water partition coefficient (Wildman–Crippen LogP) is 3.49. The monoisotopic (exact) mass is 284 g/mol. The third-order valence-electron chi connectivity index (χ3n) is 2.81. The van der Waals surface area contributed by atoms with E-state index < -0.39 is 6.10 Å². The van der Waals surface area contributed by atoms with Crippen molar-refractivity contribution in [2.45, 2.75) is 26.0 Å². The molecule has 0 saturated heterocycles. The molecule has 0 aliphatic carbocycles. The first-order valence-electron chi connectivity index (χ1n) is 5.74. The lowest BCUT2D eigenvalue weighted by Gasteiger charge is -2.15. The minimum Gasteiger partial charge on any atom is -0.386 e. The van der Waals surface area contributed by atoms with Gasteiger partial charge >= 0.3 is 0 Å². The van der Waals surface area contributed by atoms with Gasteiger partial charge in [0, 0.05) is 34.4 Å². The minimum atomic E-state index is -0.672. The van der Waals surface area contributed by atoms with Crippen molar-refractivity contribution in [1.29, 1.82) is 0 Å². The second kappa shape index (κ2) is 5.74. The molecule has 1 N–H and O–H groups in total. The fraction of sp³-hybridized carbons (Fsp3) is 0.308. The Morgan fingerprint density at radius 3 is 2.83 bits per heavy atom. The Labute approximate surface area is 116 Å². The number of aliphatic hydroxyl groups is 1. The molecule has 1 unspecified atom stereocenters. The number of benzene rings is 1.